The molecule has 1 saturated carbocycles. The number of halogens is 1. The van der Waals surface area contributed by atoms with Crippen molar-refractivity contribution in [2.45, 2.75) is 37.3 Å². The largest absolute Gasteiger partial charge is 0.375 e. The van der Waals surface area contributed by atoms with E-state index in [1.165, 1.54) is 0 Å². The Bertz CT molecular complexity index is 1180. The highest BCUT2D eigenvalue weighted by atomic mass is 35.5. The summed E-state index contributed by atoms with van der Waals surface area (Å²) in [6.07, 6.45) is 6.59. The van der Waals surface area contributed by atoms with Gasteiger partial charge in [-0.05, 0) is 43.5 Å². The van der Waals surface area contributed by atoms with Crippen molar-refractivity contribution in [3.05, 3.63) is 48.7 Å². The van der Waals surface area contributed by atoms with Crippen LogP contribution >= 0.6 is 12.4 Å². The Morgan fingerprint density at radius 3 is 2.97 bits per heavy atom. The lowest BCUT2D eigenvalue weighted by molar-refractivity contribution is -0.0281. The van der Waals surface area contributed by atoms with Crippen LogP contribution in [0.3, 0.4) is 0 Å². The Labute approximate surface area is 184 Å². The van der Waals surface area contributed by atoms with Gasteiger partial charge < -0.3 is 10.1 Å². The first kappa shape index (κ1) is 20.0. The van der Waals surface area contributed by atoms with Crippen molar-refractivity contribution < 1.29 is 4.74 Å². The molecule has 4 aromatic heterocycles. The van der Waals surface area contributed by atoms with Crippen LogP contribution in [0.5, 0.6) is 0 Å². The fourth-order valence-corrected chi connectivity index (χ4v) is 4.44. The summed E-state index contributed by atoms with van der Waals surface area (Å²) in [5.41, 5.74) is 1.44. The van der Waals surface area contributed by atoms with Crippen molar-refractivity contribution in [1.29, 1.82) is 0 Å². The first-order chi connectivity index (χ1) is 14.8. The Kier molecular flexibility index (Phi) is 5.34. The molecule has 4 aromatic rings. The molecule has 31 heavy (non-hydrogen) atoms. The zero-order valence-electron chi connectivity index (χ0n) is 16.7. The summed E-state index contributed by atoms with van der Waals surface area (Å²) >= 11 is 0. The molecule has 0 unspecified atom stereocenters. The Hall–Kier alpha value is -2.95. The zero-order valence-corrected chi connectivity index (χ0v) is 17.5. The molecule has 3 atom stereocenters. The molecule has 160 valence electrons. The second-order valence-electron chi connectivity index (χ2n) is 7.73. The Morgan fingerprint density at radius 2 is 2.06 bits per heavy atom. The summed E-state index contributed by atoms with van der Waals surface area (Å²) in [7, 11) is 0. The molecule has 1 aliphatic heterocycles. The third-order valence-electron chi connectivity index (χ3n) is 5.88. The van der Waals surface area contributed by atoms with E-state index in [1.807, 2.05) is 35.0 Å². The first-order valence-corrected chi connectivity index (χ1v) is 10.3. The molecule has 6 rings (SSSR count). The minimum absolute atomic E-state index is 0. The summed E-state index contributed by atoms with van der Waals surface area (Å²) < 4.78 is 9.44. The minimum atomic E-state index is 0. The molecule has 5 heterocycles. The summed E-state index contributed by atoms with van der Waals surface area (Å²) in [5.74, 6) is 2.44. The molecule has 0 aromatic carbocycles. The third kappa shape index (κ3) is 3.67. The molecule has 2 fully saturated rings. The Balaban J connectivity index is 0.00000204. The number of aromatic nitrogens is 8. The van der Waals surface area contributed by atoms with Gasteiger partial charge in [0, 0.05) is 24.7 Å². The zero-order chi connectivity index (χ0) is 19.9. The van der Waals surface area contributed by atoms with Crippen LogP contribution in [0.15, 0.2) is 42.9 Å². The highest BCUT2D eigenvalue weighted by Crippen LogP contribution is 2.35. The van der Waals surface area contributed by atoms with Gasteiger partial charge in [0.1, 0.15) is 17.8 Å². The lowest BCUT2D eigenvalue weighted by Crippen LogP contribution is -2.51. The summed E-state index contributed by atoms with van der Waals surface area (Å²) in [6, 6.07) is 9.88. The van der Waals surface area contributed by atoms with Crippen LogP contribution < -0.4 is 5.32 Å². The number of pyridine rings is 1. The van der Waals surface area contributed by atoms with Gasteiger partial charge in [0.25, 0.3) is 0 Å². The van der Waals surface area contributed by atoms with Gasteiger partial charge in [0.15, 0.2) is 11.5 Å². The number of morpholine rings is 1. The lowest BCUT2D eigenvalue weighted by Gasteiger charge is -2.39. The van der Waals surface area contributed by atoms with Gasteiger partial charge in [0.05, 0.1) is 12.7 Å². The fourth-order valence-electron chi connectivity index (χ4n) is 4.44. The van der Waals surface area contributed by atoms with Gasteiger partial charge >= 0.3 is 0 Å². The van der Waals surface area contributed by atoms with Crippen LogP contribution in [0.2, 0.25) is 0 Å². The number of nitrogens with one attached hydrogen (secondary N) is 1. The van der Waals surface area contributed by atoms with Crippen LogP contribution in [-0.4, -0.2) is 64.9 Å². The maximum Gasteiger partial charge on any atom is 0.200 e. The number of nitrogens with zero attached hydrogens (tertiary/aromatic N) is 8. The summed E-state index contributed by atoms with van der Waals surface area (Å²) in [5, 5.41) is 21.0. The first-order valence-electron chi connectivity index (χ1n) is 10.3. The van der Waals surface area contributed by atoms with Crippen LogP contribution in [-0.2, 0) is 4.74 Å². The van der Waals surface area contributed by atoms with E-state index in [4.69, 9.17) is 14.8 Å². The number of hydrogen-bond acceptors (Lipinski definition) is 8. The van der Waals surface area contributed by atoms with Crippen molar-refractivity contribution >= 4 is 18.1 Å². The van der Waals surface area contributed by atoms with Crippen molar-refractivity contribution in [2.75, 3.05) is 13.2 Å². The summed E-state index contributed by atoms with van der Waals surface area (Å²) in [6.45, 7) is 1.68. The topological polar surface area (TPSA) is 108 Å². The normalized spacial score (nSPS) is 23.3. The van der Waals surface area contributed by atoms with E-state index < -0.39 is 0 Å². The molecule has 11 heteroatoms. The highest BCUT2D eigenvalue weighted by Gasteiger charge is 2.36. The van der Waals surface area contributed by atoms with E-state index in [-0.39, 0.29) is 24.4 Å². The van der Waals surface area contributed by atoms with Gasteiger partial charge in [0.2, 0.25) is 5.82 Å². The SMILES string of the molecule is Cl.c1ccc(-c2nc([C@H]3CC[C@H]4OCCN[C@@H]4C3)n(-c3ccc4nncn4n3)n2)nc1. The maximum absolute atomic E-state index is 5.95. The van der Waals surface area contributed by atoms with E-state index in [0.29, 0.717) is 23.3 Å². The molecule has 0 radical (unpaired) electrons. The van der Waals surface area contributed by atoms with Crippen LogP contribution in [0.1, 0.15) is 31.0 Å². The van der Waals surface area contributed by atoms with Crippen molar-refractivity contribution in [3.63, 3.8) is 0 Å². The van der Waals surface area contributed by atoms with E-state index in [9.17, 15) is 0 Å². The number of hydrogen-bond donors (Lipinski definition) is 1. The van der Waals surface area contributed by atoms with Gasteiger partial charge in [-0.25, -0.2) is 4.98 Å². The number of rotatable bonds is 3. The van der Waals surface area contributed by atoms with Crippen LogP contribution in [0.25, 0.3) is 23.0 Å². The van der Waals surface area contributed by atoms with Gasteiger partial charge in [-0.3, -0.25) is 4.98 Å². The maximum atomic E-state index is 5.95. The quantitative estimate of drug-likeness (QED) is 0.515. The van der Waals surface area contributed by atoms with Crippen LogP contribution in [0.4, 0.5) is 0 Å². The summed E-state index contributed by atoms with van der Waals surface area (Å²) in [4.78, 5) is 9.36. The average Bonchev–Trinajstić information content (AvgIpc) is 3.46. The van der Waals surface area contributed by atoms with E-state index in [0.717, 1.165) is 43.9 Å². The smallest absolute Gasteiger partial charge is 0.200 e. The molecule has 1 saturated heterocycles. The molecular formula is C20H22ClN9O. The Morgan fingerprint density at radius 1 is 1.10 bits per heavy atom. The molecule has 10 nitrogen and oxygen atoms in total. The molecule has 0 amide bonds. The van der Waals surface area contributed by atoms with E-state index >= 15 is 0 Å². The fraction of sp³-hybridized carbons (Fsp3) is 0.400. The highest BCUT2D eigenvalue weighted by molar-refractivity contribution is 5.85. The average molecular weight is 440 g/mol. The standard InChI is InChI=1S/C20H21N9O.ClH/c1-2-8-21-14(3-1)19-24-20(13-4-5-16-15(11-13)22-9-10-30-16)29(27-19)18-7-6-17-25-23-12-28(17)26-18;/h1-3,6-8,12-13,15-16,22H,4-5,9-11H2;1H/t13-,15+,16+;/m0./s1. The van der Waals surface area contributed by atoms with E-state index in [1.54, 1.807) is 17.0 Å². The molecule has 0 spiro atoms. The third-order valence-corrected chi connectivity index (χ3v) is 5.88. The van der Waals surface area contributed by atoms with Gasteiger partial charge in [-0.1, -0.05) is 6.07 Å². The lowest BCUT2D eigenvalue weighted by atomic mass is 9.82. The number of ether oxygens (including phenoxy) is 1. The molecule has 2 aliphatic rings. The van der Waals surface area contributed by atoms with Crippen molar-refractivity contribution in [2.24, 2.45) is 0 Å². The van der Waals surface area contributed by atoms with Crippen molar-refractivity contribution in [3.8, 4) is 17.3 Å². The monoisotopic (exact) mass is 439 g/mol. The predicted molar refractivity (Wildman–Crippen MR) is 114 cm³/mol. The molecular weight excluding hydrogens is 418 g/mol. The van der Waals surface area contributed by atoms with Gasteiger partial charge in [-0.15, -0.1) is 32.8 Å². The molecule has 1 aliphatic carbocycles. The van der Waals surface area contributed by atoms with E-state index in [2.05, 4.69) is 25.6 Å². The van der Waals surface area contributed by atoms with Crippen molar-refractivity contribution in [1.82, 2.24) is 44.9 Å². The van der Waals surface area contributed by atoms with Crippen LogP contribution in [0, 0.1) is 0 Å². The predicted octanol–water partition coefficient (Wildman–Crippen LogP) is 1.81. The number of fused-ring (bicyclic) bond motifs is 2. The molecule has 0 bridgehead atoms. The van der Waals surface area contributed by atoms with Gasteiger partial charge in [-0.2, -0.15) is 9.20 Å². The minimum Gasteiger partial charge on any atom is -0.375 e. The second-order valence-corrected chi connectivity index (χ2v) is 7.73. The second kappa shape index (κ2) is 8.29. The molecule has 1 N–H and O–H groups in total.